The molecule has 1 fully saturated rings. The van der Waals surface area contributed by atoms with Gasteiger partial charge in [-0.25, -0.2) is 15.0 Å². The van der Waals surface area contributed by atoms with Gasteiger partial charge in [-0.3, -0.25) is 9.62 Å². The number of hydrogen-bond acceptors (Lipinski definition) is 3. The molecular formula is C19H29N3O2S. The summed E-state index contributed by atoms with van der Waals surface area (Å²) in [5.74, 6) is 0. The molecule has 0 atom stereocenters. The van der Waals surface area contributed by atoms with Crippen molar-refractivity contribution in [3.05, 3.63) is 41.2 Å². The van der Waals surface area contributed by atoms with E-state index in [2.05, 4.69) is 35.2 Å². The highest BCUT2D eigenvalue weighted by atomic mass is 32.2. The zero-order valence-corrected chi connectivity index (χ0v) is 16.5. The summed E-state index contributed by atoms with van der Waals surface area (Å²) in [6.07, 6.45) is 3.22. The lowest BCUT2D eigenvalue weighted by molar-refractivity contribution is 0.0173. The first-order valence-electron chi connectivity index (χ1n) is 8.67. The number of hydrogen-bond donors (Lipinski definition) is 1. The Morgan fingerprint density at radius 3 is 2.44 bits per heavy atom. The standard InChI is InChI=1S/C19H29N3O2S/c1-18(2,3)19(15-20-4)9-11-22(12-10-19)14-16-7-6-8-17(13-16)21-25(5,23)24/h6-8,13,21H,9-12,14-15H2,1-3,5H3. The first kappa shape index (κ1) is 19.7. The highest BCUT2D eigenvalue weighted by Gasteiger charge is 2.46. The molecule has 0 aliphatic carbocycles. The number of rotatable bonds is 5. The van der Waals surface area contributed by atoms with Crippen molar-refractivity contribution in [2.24, 2.45) is 10.8 Å². The van der Waals surface area contributed by atoms with Gasteiger partial charge in [-0.15, -0.1) is 0 Å². The summed E-state index contributed by atoms with van der Waals surface area (Å²) >= 11 is 0. The van der Waals surface area contributed by atoms with E-state index < -0.39 is 10.0 Å². The van der Waals surface area contributed by atoms with Crippen LogP contribution in [-0.2, 0) is 16.6 Å². The van der Waals surface area contributed by atoms with Crippen LogP contribution in [0.25, 0.3) is 4.85 Å². The molecule has 0 unspecified atom stereocenters. The lowest BCUT2D eigenvalue weighted by atomic mass is 9.61. The molecule has 6 heteroatoms. The van der Waals surface area contributed by atoms with Crippen LogP contribution < -0.4 is 4.72 Å². The predicted molar refractivity (Wildman–Crippen MR) is 103 cm³/mol. The Balaban J connectivity index is 2.03. The Morgan fingerprint density at radius 2 is 1.92 bits per heavy atom. The second kappa shape index (κ2) is 7.35. The molecule has 138 valence electrons. The van der Waals surface area contributed by atoms with Crippen molar-refractivity contribution in [2.45, 2.75) is 40.2 Å². The molecule has 0 amide bonds. The molecule has 2 rings (SSSR count). The summed E-state index contributed by atoms with van der Waals surface area (Å²) in [4.78, 5) is 6.12. The molecule has 1 heterocycles. The fourth-order valence-electron chi connectivity index (χ4n) is 3.64. The van der Waals surface area contributed by atoms with Crippen LogP contribution in [0.1, 0.15) is 39.2 Å². The van der Waals surface area contributed by atoms with Gasteiger partial charge in [0.25, 0.3) is 0 Å². The minimum Gasteiger partial charge on any atom is -0.316 e. The molecule has 25 heavy (non-hydrogen) atoms. The van der Waals surface area contributed by atoms with Gasteiger partial charge in [0.05, 0.1) is 6.26 Å². The van der Waals surface area contributed by atoms with E-state index in [4.69, 9.17) is 6.57 Å². The molecule has 1 aromatic carbocycles. The summed E-state index contributed by atoms with van der Waals surface area (Å²) in [5, 5.41) is 0. The van der Waals surface area contributed by atoms with Gasteiger partial charge in [0.2, 0.25) is 16.6 Å². The van der Waals surface area contributed by atoms with Crippen LogP contribution in [0.4, 0.5) is 5.69 Å². The highest BCUT2D eigenvalue weighted by Crippen LogP contribution is 2.47. The Labute approximate surface area is 152 Å². The van der Waals surface area contributed by atoms with E-state index in [1.807, 2.05) is 18.2 Å². The van der Waals surface area contributed by atoms with Crippen molar-refractivity contribution in [3.63, 3.8) is 0 Å². The summed E-state index contributed by atoms with van der Waals surface area (Å²) in [6.45, 7) is 17.4. The zero-order valence-electron chi connectivity index (χ0n) is 15.7. The van der Waals surface area contributed by atoms with Gasteiger partial charge in [0.15, 0.2) is 0 Å². The zero-order chi connectivity index (χ0) is 18.7. The van der Waals surface area contributed by atoms with Crippen molar-refractivity contribution in [3.8, 4) is 0 Å². The molecule has 1 aromatic rings. The van der Waals surface area contributed by atoms with Crippen LogP contribution in [0.5, 0.6) is 0 Å². The van der Waals surface area contributed by atoms with Gasteiger partial charge in [-0.05, 0) is 49.0 Å². The van der Waals surface area contributed by atoms with Crippen LogP contribution >= 0.6 is 0 Å². The van der Waals surface area contributed by atoms with Crippen LogP contribution in [0.3, 0.4) is 0 Å². The van der Waals surface area contributed by atoms with Crippen LogP contribution in [-0.4, -0.2) is 39.2 Å². The Morgan fingerprint density at radius 1 is 1.28 bits per heavy atom. The molecule has 5 nitrogen and oxygen atoms in total. The maximum atomic E-state index is 11.4. The van der Waals surface area contributed by atoms with Crippen LogP contribution in [0.2, 0.25) is 0 Å². The lowest BCUT2D eigenvalue weighted by Gasteiger charge is -2.46. The molecule has 1 aliphatic rings. The molecule has 0 aromatic heterocycles. The molecule has 1 N–H and O–H groups in total. The maximum Gasteiger partial charge on any atom is 0.229 e. The Hall–Kier alpha value is -1.58. The first-order chi connectivity index (χ1) is 11.5. The summed E-state index contributed by atoms with van der Waals surface area (Å²) in [5.41, 5.74) is 1.92. The van der Waals surface area contributed by atoms with Crippen molar-refractivity contribution in [1.29, 1.82) is 0 Å². The van der Waals surface area contributed by atoms with Crippen LogP contribution in [0, 0.1) is 17.4 Å². The second-order valence-electron chi connectivity index (χ2n) is 8.20. The van der Waals surface area contributed by atoms with E-state index in [1.54, 1.807) is 6.07 Å². The summed E-state index contributed by atoms with van der Waals surface area (Å²) in [6, 6.07) is 7.57. The third-order valence-corrected chi connectivity index (χ3v) is 6.03. The number of likely N-dealkylation sites (tertiary alicyclic amines) is 1. The third kappa shape index (κ3) is 5.20. The van der Waals surface area contributed by atoms with Crippen molar-refractivity contribution >= 4 is 15.7 Å². The minimum atomic E-state index is -3.26. The second-order valence-corrected chi connectivity index (χ2v) is 9.95. The van der Waals surface area contributed by atoms with Gasteiger partial charge in [0.1, 0.15) is 0 Å². The van der Waals surface area contributed by atoms with E-state index >= 15 is 0 Å². The SMILES string of the molecule is [C-]#[N+]CC1(C(C)(C)C)CCN(Cc2cccc(NS(C)(=O)=O)c2)CC1. The van der Waals surface area contributed by atoms with Crippen molar-refractivity contribution in [1.82, 2.24) is 4.90 Å². The van der Waals surface area contributed by atoms with E-state index in [0.29, 0.717) is 12.2 Å². The average Bonchev–Trinajstić information content (AvgIpc) is 2.47. The number of benzene rings is 1. The summed E-state index contributed by atoms with van der Waals surface area (Å²) in [7, 11) is -3.26. The van der Waals surface area contributed by atoms with Gasteiger partial charge in [-0.2, -0.15) is 0 Å². The molecular weight excluding hydrogens is 334 g/mol. The minimum absolute atomic E-state index is 0.0882. The largest absolute Gasteiger partial charge is 0.316 e. The molecule has 0 saturated carbocycles. The fraction of sp³-hybridized carbons (Fsp3) is 0.632. The van der Waals surface area contributed by atoms with Gasteiger partial charge >= 0.3 is 0 Å². The van der Waals surface area contributed by atoms with Crippen LogP contribution in [0.15, 0.2) is 24.3 Å². The highest BCUT2D eigenvalue weighted by molar-refractivity contribution is 7.92. The summed E-state index contributed by atoms with van der Waals surface area (Å²) < 4.78 is 25.3. The smallest absolute Gasteiger partial charge is 0.229 e. The number of anilines is 1. The van der Waals surface area contributed by atoms with Crippen molar-refractivity contribution in [2.75, 3.05) is 30.6 Å². The van der Waals surface area contributed by atoms with E-state index in [0.717, 1.165) is 44.3 Å². The molecule has 1 aliphatic heterocycles. The van der Waals surface area contributed by atoms with E-state index in [-0.39, 0.29) is 10.8 Å². The lowest BCUT2D eigenvalue weighted by Crippen LogP contribution is -2.47. The van der Waals surface area contributed by atoms with Gasteiger partial charge in [0, 0.05) is 17.6 Å². The van der Waals surface area contributed by atoms with Gasteiger partial charge < -0.3 is 4.85 Å². The monoisotopic (exact) mass is 363 g/mol. The number of nitrogens with zero attached hydrogens (tertiary/aromatic N) is 2. The van der Waals surface area contributed by atoms with Crippen molar-refractivity contribution < 1.29 is 8.42 Å². The molecule has 0 radical (unpaired) electrons. The normalized spacial score (nSPS) is 18.5. The average molecular weight is 364 g/mol. The fourth-order valence-corrected chi connectivity index (χ4v) is 4.20. The topological polar surface area (TPSA) is 53.8 Å². The Bertz CT molecular complexity index is 737. The molecule has 0 bridgehead atoms. The third-order valence-electron chi connectivity index (χ3n) is 5.42. The maximum absolute atomic E-state index is 11.4. The van der Waals surface area contributed by atoms with E-state index in [1.165, 1.54) is 0 Å². The number of piperidine rings is 1. The quantitative estimate of drug-likeness (QED) is 0.813. The first-order valence-corrected chi connectivity index (χ1v) is 10.6. The number of sulfonamides is 1. The van der Waals surface area contributed by atoms with E-state index in [9.17, 15) is 8.42 Å². The Kier molecular flexibility index (Phi) is 5.80. The van der Waals surface area contributed by atoms with Gasteiger partial charge in [-0.1, -0.05) is 32.9 Å². The molecule has 1 saturated heterocycles. The molecule has 0 spiro atoms. The predicted octanol–water partition coefficient (Wildman–Crippen LogP) is 3.61. The number of nitrogens with one attached hydrogen (secondary N) is 1.